The Morgan fingerprint density at radius 2 is 1.62 bits per heavy atom. The van der Waals surface area contributed by atoms with Crippen molar-refractivity contribution >= 4 is 23.6 Å². The fraction of sp³-hybridized carbons (Fsp3) is 0.423. The molecule has 0 aromatic heterocycles. The lowest BCUT2D eigenvalue weighted by atomic mass is 9.95. The second kappa shape index (κ2) is 11.0. The van der Waals surface area contributed by atoms with E-state index in [2.05, 4.69) is 10.6 Å². The summed E-state index contributed by atoms with van der Waals surface area (Å²) >= 11 is 0. The van der Waals surface area contributed by atoms with E-state index in [0.29, 0.717) is 17.0 Å². The molecule has 34 heavy (non-hydrogen) atoms. The van der Waals surface area contributed by atoms with Gasteiger partial charge in [-0.3, -0.25) is 9.59 Å². The van der Waals surface area contributed by atoms with Crippen LogP contribution in [0.15, 0.2) is 42.5 Å². The zero-order chi connectivity index (χ0) is 25.6. The Balaban J connectivity index is 2.32. The zero-order valence-electron chi connectivity index (χ0n) is 21.2. The van der Waals surface area contributed by atoms with Crippen molar-refractivity contribution in [2.45, 2.75) is 59.2 Å². The Labute approximate surface area is 201 Å². The van der Waals surface area contributed by atoms with Gasteiger partial charge in [-0.05, 0) is 82.5 Å². The third-order valence-corrected chi connectivity index (χ3v) is 5.39. The van der Waals surface area contributed by atoms with E-state index in [9.17, 15) is 14.4 Å². The monoisotopic (exact) mass is 469 g/mol. The minimum atomic E-state index is -0.919. The number of nitrogens with one attached hydrogen (secondary N) is 2. The summed E-state index contributed by atoms with van der Waals surface area (Å²) in [6.45, 7) is 10.6. The van der Waals surface area contributed by atoms with Crippen molar-refractivity contribution in [1.29, 1.82) is 0 Å². The lowest BCUT2D eigenvalue weighted by Gasteiger charge is -2.31. The average molecular weight is 470 g/mol. The number of nitrogens with zero attached hydrogens (tertiary/aromatic N) is 1. The molecule has 2 unspecified atom stereocenters. The molecule has 0 aliphatic heterocycles. The largest absolute Gasteiger partial charge is 0.497 e. The van der Waals surface area contributed by atoms with E-state index in [4.69, 9.17) is 9.47 Å². The van der Waals surface area contributed by atoms with Gasteiger partial charge in [-0.1, -0.05) is 18.2 Å². The molecule has 2 aromatic carbocycles. The molecule has 184 valence electrons. The zero-order valence-corrected chi connectivity index (χ0v) is 21.2. The van der Waals surface area contributed by atoms with Gasteiger partial charge in [-0.25, -0.2) is 4.79 Å². The van der Waals surface area contributed by atoms with Crippen LogP contribution in [0.25, 0.3) is 0 Å². The third-order valence-electron chi connectivity index (χ3n) is 5.39. The predicted molar refractivity (Wildman–Crippen MR) is 132 cm³/mol. The standard InChI is InChI=1S/C26H35N3O5/c1-16-10-9-11-21(17(16)2)22(23(30)28-19-12-14-20(33-8)15-13-19)29(7)24(31)18(3)27-25(32)34-26(4,5)6/h9-15,18,22H,1-8H3,(H,27,32)(H,28,30). The molecule has 0 bridgehead atoms. The van der Waals surface area contributed by atoms with Gasteiger partial charge < -0.3 is 25.0 Å². The number of aryl methyl sites for hydroxylation is 1. The number of amides is 3. The highest BCUT2D eigenvalue weighted by Crippen LogP contribution is 2.27. The van der Waals surface area contributed by atoms with E-state index in [1.807, 2.05) is 32.0 Å². The molecule has 0 saturated heterocycles. The van der Waals surface area contributed by atoms with Crippen molar-refractivity contribution in [3.63, 3.8) is 0 Å². The van der Waals surface area contributed by atoms with Gasteiger partial charge in [0.2, 0.25) is 5.91 Å². The van der Waals surface area contributed by atoms with Gasteiger partial charge >= 0.3 is 6.09 Å². The summed E-state index contributed by atoms with van der Waals surface area (Å²) in [5.41, 5.74) is 2.48. The quantitative estimate of drug-likeness (QED) is 0.628. The second-order valence-corrected chi connectivity index (χ2v) is 9.23. The molecule has 0 fully saturated rings. The minimum Gasteiger partial charge on any atom is -0.497 e. The Morgan fingerprint density at radius 1 is 1.00 bits per heavy atom. The number of hydrogen-bond donors (Lipinski definition) is 2. The molecule has 2 rings (SSSR count). The number of methoxy groups -OCH3 is 1. The Bertz CT molecular complexity index is 1030. The molecule has 0 radical (unpaired) electrons. The van der Waals surface area contributed by atoms with E-state index in [1.165, 1.54) is 4.90 Å². The van der Waals surface area contributed by atoms with Crippen LogP contribution in [0.3, 0.4) is 0 Å². The number of ether oxygens (including phenoxy) is 2. The maximum Gasteiger partial charge on any atom is 0.408 e. The van der Waals surface area contributed by atoms with Gasteiger partial charge in [0.05, 0.1) is 7.11 Å². The number of rotatable bonds is 7. The fourth-order valence-corrected chi connectivity index (χ4v) is 3.46. The van der Waals surface area contributed by atoms with Crippen molar-refractivity contribution < 1.29 is 23.9 Å². The van der Waals surface area contributed by atoms with Crippen LogP contribution in [0.4, 0.5) is 10.5 Å². The number of hydrogen-bond acceptors (Lipinski definition) is 5. The van der Waals surface area contributed by atoms with E-state index >= 15 is 0 Å². The molecule has 0 heterocycles. The van der Waals surface area contributed by atoms with Crippen LogP contribution in [0.1, 0.15) is 50.4 Å². The molecule has 0 saturated carbocycles. The SMILES string of the molecule is COc1ccc(NC(=O)C(c2cccc(C)c2C)N(C)C(=O)C(C)NC(=O)OC(C)(C)C)cc1. The highest BCUT2D eigenvalue weighted by atomic mass is 16.6. The van der Waals surface area contributed by atoms with E-state index in [-0.39, 0.29) is 5.91 Å². The highest BCUT2D eigenvalue weighted by molar-refractivity contribution is 5.99. The summed E-state index contributed by atoms with van der Waals surface area (Å²) in [5.74, 6) is -0.140. The number of carbonyl (C=O) groups excluding carboxylic acids is 3. The average Bonchev–Trinajstić information content (AvgIpc) is 2.75. The van der Waals surface area contributed by atoms with Gasteiger partial charge in [0.15, 0.2) is 0 Å². The Hall–Kier alpha value is -3.55. The van der Waals surface area contributed by atoms with Crippen molar-refractivity contribution in [1.82, 2.24) is 10.2 Å². The first kappa shape index (κ1) is 26.7. The predicted octanol–water partition coefficient (Wildman–Crippen LogP) is 4.36. The van der Waals surface area contributed by atoms with Crippen LogP contribution < -0.4 is 15.4 Å². The lowest BCUT2D eigenvalue weighted by molar-refractivity contribution is -0.138. The number of anilines is 1. The van der Waals surface area contributed by atoms with Gasteiger partial charge in [0.1, 0.15) is 23.4 Å². The third kappa shape index (κ3) is 6.97. The summed E-state index contributed by atoms with van der Waals surface area (Å²) < 4.78 is 10.4. The smallest absolute Gasteiger partial charge is 0.408 e. The van der Waals surface area contributed by atoms with Crippen LogP contribution >= 0.6 is 0 Å². The van der Waals surface area contributed by atoms with Gasteiger partial charge in [-0.2, -0.15) is 0 Å². The Morgan fingerprint density at radius 3 is 2.18 bits per heavy atom. The topological polar surface area (TPSA) is 97.0 Å². The number of alkyl carbamates (subject to hydrolysis) is 1. The van der Waals surface area contributed by atoms with Crippen LogP contribution in [0.5, 0.6) is 5.75 Å². The summed E-state index contributed by atoms with van der Waals surface area (Å²) in [5, 5.41) is 5.44. The van der Waals surface area contributed by atoms with Crippen molar-refractivity contribution in [3.8, 4) is 5.75 Å². The van der Waals surface area contributed by atoms with Crippen LogP contribution in [0.2, 0.25) is 0 Å². The summed E-state index contributed by atoms with van der Waals surface area (Å²) in [6.07, 6.45) is -0.701. The fourth-order valence-electron chi connectivity index (χ4n) is 3.46. The molecule has 8 nitrogen and oxygen atoms in total. The van der Waals surface area contributed by atoms with E-state index in [0.717, 1.165) is 11.1 Å². The van der Waals surface area contributed by atoms with Crippen LogP contribution in [-0.4, -0.2) is 48.6 Å². The van der Waals surface area contributed by atoms with E-state index < -0.39 is 29.7 Å². The molecule has 0 aliphatic rings. The van der Waals surface area contributed by atoms with Crippen molar-refractivity contribution in [3.05, 3.63) is 59.2 Å². The van der Waals surface area contributed by atoms with E-state index in [1.54, 1.807) is 66.1 Å². The maximum atomic E-state index is 13.5. The number of carbonyl (C=O) groups is 3. The molecule has 2 atom stereocenters. The number of likely N-dealkylation sites (N-methyl/N-ethyl adjacent to an activating group) is 1. The lowest BCUT2D eigenvalue weighted by Crippen LogP contribution is -2.49. The van der Waals surface area contributed by atoms with Crippen LogP contribution in [0, 0.1) is 13.8 Å². The summed E-state index contributed by atoms with van der Waals surface area (Å²) in [4.78, 5) is 40.2. The molecule has 2 aromatic rings. The van der Waals surface area contributed by atoms with Crippen LogP contribution in [-0.2, 0) is 14.3 Å². The first-order valence-corrected chi connectivity index (χ1v) is 11.1. The molecule has 0 aliphatic carbocycles. The first-order chi connectivity index (χ1) is 15.8. The van der Waals surface area contributed by atoms with Crippen molar-refractivity contribution in [2.24, 2.45) is 0 Å². The summed E-state index contributed by atoms with van der Waals surface area (Å²) in [7, 11) is 3.12. The second-order valence-electron chi connectivity index (χ2n) is 9.23. The minimum absolute atomic E-state index is 0.376. The molecular weight excluding hydrogens is 434 g/mol. The van der Waals surface area contributed by atoms with Gasteiger partial charge in [-0.15, -0.1) is 0 Å². The molecule has 8 heteroatoms. The summed E-state index contributed by atoms with van der Waals surface area (Å²) in [6, 6.07) is 10.7. The van der Waals surface area contributed by atoms with Crippen molar-refractivity contribution in [2.75, 3.05) is 19.5 Å². The Kier molecular flexibility index (Phi) is 8.68. The number of benzene rings is 2. The normalized spacial score (nSPS) is 12.8. The van der Waals surface area contributed by atoms with Gasteiger partial charge in [0.25, 0.3) is 5.91 Å². The molecule has 2 N–H and O–H groups in total. The molecular formula is C26H35N3O5. The highest BCUT2D eigenvalue weighted by Gasteiger charge is 2.33. The maximum absolute atomic E-state index is 13.5. The van der Waals surface area contributed by atoms with Gasteiger partial charge in [0, 0.05) is 12.7 Å². The molecule has 0 spiro atoms. The molecule has 3 amide bonds. The first-order valence-electron chi connectivity index (χ1n) is 11.1.